The molecule has 0 saturated carbocycles. The third kappa shape index (κ3) is 2.88. The van der Waals surface area contributed by atoms with Crippen molar-refractivity contribution in [2.24, 2.45) is 0 Å². The van der Waals surface area contributed by atoms with E-state index in [0.29, 0.717) is 0 Å². The van der Waals surface area contributed by atoms with Gasteiger partial charge in [0.25, 0.3) is 11.6 Å². The lowest BCUT2D eigenvalue weighted by atomic mass is 10.1. The van der Waals surface area contributed by atoms with Crippen molar-refractivity contribution >= 4 is 17.5 Å². The zero-order valence-corrected chi connectivity index (χ0v) is 11.1. The highest BCUT2D eigenvalue weighted by Gasteiger charge is 2.25. The maximum absolute atomic E-state index is 12.2. The van der Waals surface area contributed by atoms with E-state index in [2.05, 4.69) is 20.5 Å². The second-order valence-electron chi connectivity index (χ2n) is 3.74. The summed E-state index contributed by atoms with van der Waals surface area (Å²) in [6, 6.07) is 4.10. The van der Waals surface area contributed by atoms with E-state index in [0.717, 1.165) is 0 Å². The first-order chi connectivity index (χ1) is 10.1. The van der Waals surface area contributed by atoms with Crippen molar-refractivity contribution in [1.29, 1.82) is 0 Å². The maximum atomic E-state index is 12.2. The Hall–Kier alpha value is -3.17. The van der Waals surface area contributed by atoms with E-state index in [-0.39, 0.29) is 29.0 Å². The van der Waals surface area contributed by atoms with Crippen LogP contribution in [0.1, 0.15) is 10.4 Å². The van der Waals surface area contributed by atoms with Crippen molar-refractivity contribution in [2.45, 2.75) is 0 Å². The van der Waals surface area contributed by atoms with E-state index in [1.165, 1.54) is 32.4 Å². The van der Waals surface area contributed by atoms with Crippen LogP contribution in [0.25, 0.3) is 0 Å². The van der Waals surface area contributed by atoms with Gasteiger partial charge in [-0.05, 0) is 6.07 Å². The third-order valence-corrected chi connectivity index (χ3v) is 2.53. The number of carbonyl (C=O) groups excluding carboxylic acids is 1. The van der Waals surface area contributed by atoms with Gasteiger partial charge in [0.15, 0.2) is 5.56 Å². The summed E-state index contributed by atoms with van der Waals surface area (Å²) in [5.41, 5.74) is -0.585. The van der Waals surface area contributed by atoms with E-state index in [9.17, 15) is 14.9 Å². The van der Waals surface area contributed by atoms with E-state index in [1.54, 1.807) is 0 Å². The molecule has 21 heavy (non-hydrogen) atoms. The smallest absolute Gasteiger partial charge is 0.336 e. The highest BCUT2D eigenvalue weighted by atomic mass is 16.6. The number of nitro benzene ring substituents is 1. The molecule has 10 nitrogen and oxygen atoms in total. The Kier molecular flexibility index (Phi) is 3.97. The number of amides is 1. The summed E-state index contributed by atoms with van der Waals surface area (Å²) in [5.74, 6) is -0.678. The molecule has 0 radical (unpaired) electrons. The second-order valence-corrected chi connectivity index (χ2v) is 3.74. The molecular formula is C11H11N5O5. The zero-order chi connectivity index (χ0) is 15.4. The number of nitrogens with one attached hydrogen (secondary N) is 2. The van der Waals surface area contributed by atoms with Crippen molar-refractivity contribution in [3.05, 3.63) is 33.9 Å². The summed E-state index contributed by atoms with van der Waals surface area (Å²) in [6.45, 7) is 0. The van der Waals surface area contributed by atoms with Gasteiger partial charge in [-0.3, -0.25) is 20.2 Å². The highest BCUT2D eigenvalue weighted by Crippen LogP contribution is 2.28. The fourth-order valence-corrected chi connectivity index (χ4v) is 1.63. The fraction of sp³-hybridized carbons (Fsp3) is 0.182. The molecule has 1 amide bonds. The molecule has 0 spiro atoms. The molecule has 0 fully saturated rings. The van der Waals surface area contributed by atoms with Gasteiger partial charge in [-0.15, -0.1) is 5.10 Å². The van der Waals surface area contributed by atoms with Gasteiger partial charge in [0.05, 0.1) is 19.1 Å². The predicted molar refractivity (Wildman–Crippen MR) is 70.5 cm³/mol. The largest absolute Gasteiger partial charge is 0.496 e. The minimum absolute atomic E-state index is 0.00273. The van der Waals surface area contributed by atoms with Crippen molar-refractivity contribution < 1.29 is 19.2 Å². The molecule has 0 aliphatic carbocycles. The standard InChI is InChI=1S/C11H11N5O5/c1-20-7-5-3-4-6(16(18)19)8(7)9(17)12-10-13-11(21-2)15-14-10/h3-5H,1-2H3,(H2,12,13,14,15,17). The van der Waals surface area contributed by atoms with Crippen LogP contribution in [0.2, 0.25) is 0 Å². The average Bonchev–Trinajstić information content (AvgIpc) is 2.93. The van der Waals surface area contributed by atoms with E-state index in [4.69, 9.17) is 9.47 Å². The number of ether oxygens (including phenoxy) is 2. The van der Waals surface area contributed by atoms with Crippen LogP contribution in [-0.2, 0) is 0 Å². The molecule has 0 bridgehead atoms. The first kappa shape index (κ1) is 14.2. The lowest BCUT2D eigenvalue weighted by molar-refractivity contribution is -0.385. The minimum atomic E-state index is -0.752. The SMILES string of the molecule is COc1n[nH]c(NC(=O)c2c(OC)cccc2[N+](=O)[O-])n1. The molecule has 2 N–H and O–H groups in total. The van der Waals surface area contributed by atoms with Crippen LogP contribution in [-0.4, -0.2) is 40.2 Å². The van der Waals surface area contributed by atoms with Crippen LogP contribution >= 0.6 is 0 Å². The van der Waals surface area contributed by atoms with Gasteiger partial charge in [0.2, 0.25) is 5.95 Å². The van der Waals surface area contributed by atoms with Crippen LogP contribution in [0.3, 0.4) is 0 Å². The molecule has 2 aromatic rings. The lowest BCUT2D eigenvalue weighted by Gasteiger charge is -2.07. The van der Waals surface area contributed by atoms with Crippen molar-refractivity contribution in [3.8, 4) is 11.8 Å². The molecule has 1 heterocycles. The van der Waals surface area contributed by atoms with Crippen LogP contribution in [0.5, 0.6) is 11.8 Å². The molecule has 2 rings (SSSR count). The van der Waals surface area contributed by atoms with Gasteiger partial charge >= 0.3 is 6.01 Å². The Bertz CT molecular complexity index is 683. The lowest BCUT2D eigenvalue weighted by Crippen LogP contribution is -2.16. The number of rotatable bonds is 5. The summed E-state index contributed by atoms with van der Waals surface area (Å²) >= 11 is 0. The number of nitro groups is 1. The van der Waals surface area contributed by atoms with E-state index >= 15 is 0 Å². The number of nitrogens with zero attached hydrogens (tertiary/aromatic N) is 3. The third-order valence-electron chi connectivity index (χ3n) is 2.53. The molecule has 110 valence electrons. The van der Waals surface area contributed by atoms with E-state index in [1.807, 2.05) is 0 Å². The summed E-state index contributed by atoms with van der Waals surface area (Å²) in [6.07, 6.45) is 0. The highest BCUT2D eigenvalue weighted by molar-refractivity contribution is 6.08. The van der Waals surface area contributed by atoms with Gasteiger partial charge in [0.1, 0.15) is 5.75 Å². The first-order valence-corrected chi connectivity index (χ1v) is 5.66. The summed E-state index contributed by atoms with van der Waals surface area (Å²) in [5, 5.41) is 19.4. The number of aromatic amines is 1. The molecule has 1 aromatic carbocycles. The van der Waals surface area contributed by atoms with Crippen molar-refractivity contribution in [3.63, 3.8) is 0 Å². The molecule has 10 heteroatoms. The summed E-state index contributed by atoms with van der Waals surface area (Å²) in [7, 11) is 2.67. The number of methoxy groups -OCH3 is 2. The number of anilines is 1. The second kappa shape index (κ2) is 5.86. The topological polar surface area (TPSA) is 132 Å². The van der Waals surface area contributed by atoms with Crippen LogP contribution in [0, 0.1) is 10.1 Å². The Balaban J connectivity index is 2.35. The number of benzene rings is 1. The Labute approximate surface area is 118 Å². The number of aromatic nitrogens is 3. The maximum Gasteiger partial charge on any atom is 0.336 e. The Morgan fingerprint density at radius 2 is 2.14 bits per heavy atom. The van der Waals surface area contributed by atoms with Gasteiger partial charge in [-0.1, -0.05) is 6.07 Å². The zero-order valence-electron chi connectivity index (χ0n) is 11.1. The summed E-state index contributed by atoms with van der Waals surface area (Å²) < 4.78 is 9.74. The molecular weight excluding hydrogens is 282 g/mol. The Morgan fingerprint density at radius 3 is 2.71 bits per heavy atom. The first-order valence-electron chi connectivity index (χ1n) is 5.66. The van der Waals surface area contributed by atoms with E-state index < -0.39 is 10.8 Å². The normalized spacial score (nSPS) is 10.0. The summed E-state index contributed by atoms with van der Waals surface area (Å²) in [4.78, 5) is 26.3. The monoisotopic (exact) mass is 293 g/mol. The molecule has 0 aliphatic rings. The van der Waals surface area contributed by atoms with Crippen molar-refractivity contribution in [2.75, 3.05) is 19.5 Å². The molecule has 0 saturated heterocycles. The molecule has 1 aromatic heterocycles. The van der Waals surface area contributed by atoms with Gasteiger partial charge in [-0.25, -0.2) is 5.10 Å². The Morgan fingerprint density at radius 1 is 1.38 bits per heavy atom. The minimum Gasteiger partial charge on any atom is -0.496 e. The molecule has 0 unspecified atom stereocenters. The quantitative estimate of drug-likeness (QED) is 0.620. The predicted octanol–water partition coefficient (Wildman–Crippen LogP) is 0.982. The number of hydrogen-bond acceptors (Lipinski definition) is 7. The van der Waals surface area contributed by atoms with Crippen molar-refractivity contribution in [1.82, 2.24) is 15.2 Å². The molecule has 0 atom stereocenters. The van der Waals surface area contributed by atoms with Crippen LogP contribution < -0.4 is 14.8 Å². The molecule has 0 aliphatic heterocycles. The van der Waals surface area contributed by atoms with Crippen LogP contribution in [0.15, 0.2) is 18.2 Å². The van der Waals surface area contributed by atoms with Gasteiger partial charge < -0.3 is 9.47 Å². The average molecular weight is 293 g/mol. The van der Waals surface area contributed by atoms with Gasteiger partial charge in [0, 0.05) is 6.07 Å². The number of carbonyl (C=O) groups is 1. The van der Waals surface area contributed by atoms with Gasteiger partial charge in [-0.2, -0.15) is 4.98 Å². The number of hydrogen-bond donors (Lipinski definition) is 2. The fourth-order valence-electron chi connectivity index (χ4n) is 1.63. The number of H-pyrrole nitrogens is 1. The van der Waals surface area contributed by atoms with Crippen LogP contribution in [0.4, 0.5) is 11.6 Å².